The molecule has 2 aliphatic rings. The first-order valence-electron chi connectivity index (χ1n) is 6.58. The van der Waals surface area contributed by atoms with Crippen molar-refractivity contribution < 1.29 is 4.79 Å². The Labute approximate surface area is 120 Å². The Kier molecular flexibility index (Phi) is 3.49. The summed E-state index contributed by atoms with van der Waals surface area (Å²) in [5.74, 6) is 0.632. The first kappa shape index (κ1) is 12.9. The van der Waals surface area contributed by atoms with Crippen LogP contribution in [0.4, 0.5) is 4.79 Å². The minimum atomic E-state index is 0.0220. The maximum absolute atomic E-state index is 12.2. The molecular weight excluding hydrogens is 310 g/mol. The van der Waals surface area contributed by atoms with Gasteiger partial charge in [-0.1, -0.05) is 0 Å². The number of aryl methyl sites for hydroxylation is 1. The molecule has 2 N–H and O–H groups in total. The van der Waals surface area contributed by atoms with Crippen molar-refractivity contribution in [1.29, 1.82) is 0 Å². The van der Waals surface area contributed by atoms with Crippen LogP contribution in [0.15, 0.2) is 10.7 Å². The number of likely N-dealkylation sites (tertiary alicyclic amines) is 1. The number of hydrogen-bond donors (Lipinski definition) is 2. The van der Waals surface area contributed by atoms with E-state index in [9.17, 15) is 4.79 Å². The van der Waals surface area contributed by atoms with Gasteiger partial charge in [-0.2, -0.15) is 5.10 Å². The fourth-order valence-electron chi connectivity index (χ4n) is 2.99. The second-order valence-corrected chi connectivity index (χ2v) is 6.08. The second-order valence-electron chi connectivity index (χ2n) is 5.22. The van der Waals surface area contributed by atoms with Crippen LogP contribution in [0.25, 0.3) is 0 Å². The molecule has 1 aromatic heterocycles. The number of carbonyl (C=O) groups is 1. The van der Waals surface area contributed by atoms with Gasteiger partial charge in [-0.25, -0.2) is 4.79 Å². The van der Waals surface area contributed by atoms with Crippen LogP contribution in [-0.4, -0.2) is 46.4 Å². The van der Waals surface area contributed by atoms with Crippen molar-refractivity contribution in [3.05, 3.63) is 16.4 Å². The molecule has 6 nitrogen and oxygen atoms in total. The fraction of sp³-hybridized carbons (Fsp3) is 0.667. The van der Waals surface area contributed by atoms with E-state index in [-0.39, 0.29) is 6.03 Å². The summed E-state index contributed by atoms with van der Waals surface area (Å²) in [6.45, 7) is 3.29. The van der Waals surface area contributed by atoms with Gasteiger partial charge in [0, 0.05) is 38.9 Å². The predicted molar refractivity (Wildman–Crippen MR) is 74.6 cm³/mol. The maximum Gasteiger partial charge on any atom is 0.318 e. The summed E-state index contributed by atoms with van der Waals surface area (Å²) in [6.07, 6.45) is 2.99. The van der Waals surface area contributed by atoms with Crippen molar-refractivity contribution in [1.82, 2.24) is 25.3 Å². The van der Waals surface area contributed by atoms with Gasteiger partial charge in [-0.15, -0.1) is 0 Å². The van der Waals surface area contributed by atoms with Gasteiger partial charge in [0.1, 0.15) is 0 Å². The third-order valence-corrected chi connectivity index (χ3v) is 4.63. The van der Waals surface area contributed by atoms with Crippen LogP contribution in [-0.2, 0) is 13.6 Å². The van der Waals surface area contributed by atoms with E-state index in [2.05, 4.69) is 31.7 Å². The van der Waals surface area contributed by atoms with E-state index >= 15 is 0 Å². The predicted octanol–water partition coefficient (Wildman–Crippen LogP) is 0.686. The van der Waals surface area contributed by atoms with E-state index in [1.807, 2.05) is 18.1 Å². The third-order valence-electron chi connectivity index (χ3n) is 3.97. The number of amides is 2. The Hall–Kier alpha value is -1.08. The number of fused-ring (bicyclic) bond motifs is 1. The Balaban J connectivity index is 1.58. The van der Waals surface area contributed by atoms with Gasteiger partial charge in [0.25, 0.3) is 0 Å². The smallest absolute Gasteiger partial charge is 0.318 e. The normalized spacial score (nSPS) is 25.7. The monoisotopic (exact) mass is 327 g/mol. The van der Waals surface area contributed by atoms with Crippen molar-refractivity contribution in [2.75, 3.05) is 19.6 Å². The van der Waals surface area contributed by atoms with Crippen molar-refractivity contribution in [2.24, 2.45) is 13.0 Å². The highest BCUT2D eigenvalue weighted by atomic mass is 79.9. The van der Waals surface area contributed by atoms with E-state index < -0.39 is 0 Å². The Morgan fingerprint density at radius 1 is 1.63 bits per heavy atom. The molecule has 0 saturated carbocycles. The highest BCUT2D eigenvalue weighted by Gasteiger charge is 2.39. The summed E-state index contributed by atoms with van der Waals surface area (Å²) in [4.78, 5) is 14.2. The highest BCUT2D eigenvalue weighted by molar-refractivity contribution is 9.10. The number of halogens is 1. The Bertz CT molecular complexity index is 488. The summed E-state index contributed by atoms with van der Waals surface area (Å²) in [5, 5.41) is 10.6. The number of hydrogen-bond acceptors (Lipinski definition) is 3. The molecule has 0 spiro atoms. The Morgan fingerprint density at radius 3 is 3.21 bits per heavy atom. The van der Waals surface area contributed by atoms with Crippen molar-refractivity contribution in [3.8, 4) is 0 Å². The zero-order valence-electron chi connectivity index (χ0n) is 10.9. The minimum Gasteiger partial charge on any atom is -0.332 e. The molecule has 3 rings (SSSR count). The molecule has 0 unspecified atom stereocenters. The van der Waals surface area contributed by atoms with Gasteiger partial charge in [0.05, 0.1) is 16.7 Å². The molecule has 19 heavy (non-hydrogen) atoms. The van der Waals surface area contributed by atoms with E-state index in [0.717, 1.165) is 36.2 Å². The van der Waals surface area contributed by atoms with Crippen LogP contribution >= 0.6 is 15.9 Å². The van der Waals surface area contributed by atoms with Crippen molar-refractivity contribution >= 4 is 22.0 Å². The largest absolute Gasteiger partial charge is 0.332 e. The van der Waals surface area contributed by atoms with E-state index in [1.54, 1.807) is 4.68 Å². The molecule has 7 heteroatoms. The molecule has 0 aliphatic carbocycles. The lowest BCUT2D eigenvalue weighted by atomic mass is 10.1. The average Bonchev–Trinajstić information content (AvgIpc) is 3.01. The van der Waals surface area contributed by atoms with E-state index in [4.69, 9.17) is 0 Å². The number of rotatable bonds is 2. The molecule has 1 aromatic rings. The molecule has 3 heterocycles. The van der Waals surface area contributed by atoms with Crippen LogP contribution in [0.1, 0.15) is 12.1 Å². The maximum atomic E-state index is 12.2. The topological polar surface area (TPSA) is 62.2 Å². The number of nitrogens with zero attached hydrogens (tertiary/aromatic N) is 3. The lowest BCUT2D eigenvalue weighted by Gasteiger charge is -2.23. The minimum absolute atomic E-state index is 0.0220. The summed E-state index contributed by atoms with van der Waals surface area (Å²) in [5.41, 5.74) is 0.858. The van der Waals surface area contributed by atoms with Crippen LogP contribution in [0, 0.1) is 5.92 Å². The summed E-state index contributed by atoms with van der Waals surface area (Å²) in [7, 11) is 1.87. The summed E-state index contributed by atoms with van der Waals surface area (Å²) in [6, 6.07) is 0.390. The SMILES string of the molecule is Cn1cc(Br)c(CNC(=O)N2CC[C@@H]3CNC[C@@H]32)n1. The van der Waals surface area contributed by atoms with Gasteiger partial charge in [0.15, 0.2) is 0 Å². The van der Waals surface area contributed by atoms with Gasteiger partial charge in [-0.3, -0.25) is 4.68 Å². The lowest BCUT2D eigenvalue weighted by molar-refractivity contribution is 0.192. The van der Waals surface area contributed by atoms with E-state index in [0.29, 0.717) is 18.5 Å². The van der Waals surface area contributed by atoms with E-state index in [1.165, 1.54) is 0 Å². The molecule has 104 valence electrons. The summed E-state index contributed by atoms with van der Waals surface area (Å²) >= 11 is 3.44. The van der Waals surface area contributed by atoms with Gasteiger partial charge in [-0.05, 0) is 28.3 Å². The van der Waals surface area contributed by atoms with Crippen LogP contribution in [0.5, 0.6) is 0 Å². The molecule has 2 aliphatic heterocycles. The van der Waals surface area contributed by atoms with Gasteiger partial charge in [0.2, 0.25) is 0 Å². The second kappa shape index (κ2) is 5.13. The van der Waals surface area contributed by atoms with Crippen LogP contribution in [0.3, 0.4) is 0 Å². The number of urea groups is 1. The molecular formula is C12H18BrN5O. The van der Waals surface area contributed by atoms with Gasteiger partial charge >= 0.3 is 6.03 Å². The molecule has 2 amide bonds. The Morgan fingerprint density at radius 2 is 2.47 bits per heavy atom. The highest BCUT2D eigenvalue weighted by Crippen LogP contribution is 2.27. The lowest BCUT2D eigenvalue weighted by Crippen LogP contribution is -2.44. The number of nitrogens with one attached hydrogen (secondary N) is 2. The zero-order valence-corrected chi connectivity index (χ0v) is 12.5. The fourth-order valence-corrected chi connectivity index (χ4v) is 3.50. The first-order chi connectivity index (χ1) is 9.15. The van der Waals surface area contributed by atoms with Crippen molar-refractivity contribution in [3.63, 3.8) is 0 Å². The molecule has 0 radical (unpaired) electrons. The molecule has 0 aromatic carbocycles. The zero-order chi connectivity index (χ0) is 13.4. The number of carbonyl (C=O) groups excluding carboxylic acids is 1. The standard InChI is InChI=1S/C12H18BrN5O/c1-17-7-9(13)10(16-17)5-15-12(19)18-3-2-8-4-14-6-11(8)18/h7-8,11,14H,2-6H2,1H3,(H,15,19)/t8-,11+/m1/s1. The average molecular weight is 328 g/mol. The number of aromatic nitrogens is 2. The molecule has 2 fully saturated rings. The van der Waals surface area contributed by atoms with Crippen LogP contribution < -0.4 is 10.6 Å². The van der Waals surface area contributed by atoms with Gasteiger partial charge < -0.3 is 15.5 Å². The quantitative estimate of drug-likeness (QED) is 0.840. The third kappa shape index (κ3) is 2.49. The van der Waals surface area contributed by atoms with Crippen molar-refractivity contribution in [2.45, 2.75) is 19.0 Å². The first-order valence-corrected chi connectivity index (χ1v) is 7.37. The summed E-state index contributed by atoms with van der Waals surface area (Å²) < 4.78 is 2.66. The van der Waals surface area contributed by atoms with Crippen LogP contribution in [0.2, 0.25) is 0 Å². The molecule has 0 bridgehead atoms. The molecule has 2 saturated heterocycles. The molecule has 2 atom stereocenters.